The summed E-state index contributed by atoms with van der Waals surface area (Å²) in [7, 11) is 0. The van der Waals surface area contributed by atoms with Crippen LogP contribution >= 0.6 is 31.9 Å². The van der Waals surface area contributed by atoms with Crippen LogP contribution in [0.15, 0.2) is 21.2 Å². The third-order valence-electron chi connectivity index (χ3n) is 2.40. The monoisotopic (exact) mass is 337 g/mol. The minimum absolute atomic E-state index is 0.303. The van der Waals surface area contributed by atoms with E-state index < -0.39 is 0 Å². The van der Waals surface area contributed by atoms with E-state index in [0.29, 0.717) is 6.10 Å². The average Bonchev–Trinajstić information content (AvgIpc) is 2.64. The number of ether oxygens (including phenoxy) is 1. The van der Waals surface area contributed by atoms with Crippen LogP contribution in [-0.2, 0) is 11.3 Å². The molecule has 0 bridgehead atoms. The summed E-state index contributed by atoms with van der Waals surface area (Å²) in [4.78, 5) is 2.35. The zero-order valence-corrected chi connectivity index (χ0v) is 11.5. The van der Waals surface area contributed by atoms with Gasteiger partial charge < -0.3 is 9.15 Å². The Kier molecular flexibility index (Phi) is 4.25. The molecule has 15 heavy (non-hydrogen) atoms. The number of rotatable bonds is 3. The van der Waals surface area contributed by atoms with Crippen LogP contribution in [0.2, 0.25) is 0 Å². The average molecular weight is 339 g/mol. The molecular formula is C10H13Br2NO2. The van der Waals surface area contributed by atoms with Gasteiger partial charge in [0.15, 0.2) is 4.67 Å². The van der Waals surface area contributed by atoms with Crippen LogP contribution in [-0.4, -0.2) is 36.0 Å². The van der Waals surface area contributed by atoms with Gasteiger partial charge in [-0.3, -0.25) is 4.90 Å². The molecule has 1 unspecified atom stereocenters. The molecule has 0 N–H and O–H groups in total. The minimum atomic E-state index is 0.303. The number of furan rings is 1. The van der Waals surface area contributed by atoms with Gasteiger partial charge in [-0.1, -0.05) is 15.9 Å². The fourth-order valence-corrected chi connectivity index (χ4v) is 2.41. The van der Waals surface area contributed by atoms with Gasteiger partial charge in [-0.15, -0.1) is 0 Å². The first kappa shape index (κ1) is 11.6. The summed E-state index contributed by atoms with van der Waals surface area (Å²) in [5.41, 5.74) is 0. The number of alkyl halides is 1. The van der Waals surface area contributed by atoms with E-state index in [-0.39, 0.29) is 0 Å². The fourth-order valence-electron chi connectivity index (χ4n) is 1.67. The number of nitrogens with zero attached hydrogens (tertiary/aromatic N) is 1. The van der Waals surface area contributed by atoms with Gasteiger partial charge in [-0.05, 0) is 28.1 Å². The van der Waals surface area contributed by atoms with Crippen LogP contribution in [0.3, 0.4) is 0 Å². The normalized spacial score (nSPS) is 23.2. The van der Waals surface area contributed by atoms with Crippen molar-refractivity contribution >= 4 is 31.9 Å². The van der Waals surface area contributed by atoms with Crippen molar-refractivity contribution in [3.05, 3.63) is 22.6 Å². The number of hydrogen-bond acceptors (Lipinski definition) is 3. The van der Waals surface area contributed by atoms with E-state index in [2.05, 4.69) is 36.8 Å². The molecule has 2 rings (SSSR count). The summed E-state index contributed by atoms with van der Waals surface area (Å²) >= 11 is 6.75. The SMILES string of the molecule is BrCC1CN(Cc2ccc(Br)o2)CCO1. The maximum absolute atomic E-state index is 5.57. The van der Waals surface area contributed by atoms with Gasteiger partial charge in [0.2, 0.25) is 0 Å². The lowest BCUT2D eigenvalue weighted by molar-refractivity contribution is -0.0201. The van der Waals surface area contributed by atoms with Crippen molar-refractivity contribution in [1.29, 1.82) is 0 Å². The number of morpholine rings is 1. The van der Waals surface area contributed by atoms with E-state index in [0.717, 1.165) is 42.0 Å². The predicted octanol–water partition coefficient (Wildman–Crippen LogP) is 2.64. The van der Waals surface area contributed by atoms with Crippen LogP contribution in [0, 0.1) is 0 Å². The molecule has 0 radical (unpaired) electrons. The first-order chi connectivity index (χ1) is 7.28. The molecule has 1 atom stereocenters. The highest BCUT2D eigenvalue weighted by molar-refractivity contribution is 9.10. The van der Waals surface area contributed by atoms with Gasteiger partial charge >= 0.3 is 0 Å². The van der Waals surface area contributed by atoms with Gasteiger partial charge in [0.25, 0.3) is 0 Å². The highest BCUT2D eigenvalue weighted by Gasteiger charge is 2.20. The van der Waals surface area contributed by atoms with E-state index in [1.54, 1.807) is 0 Å². The van der Waals surface area contributed by atoms with Crippen LogP contribution < -0.4 is 0 Å². The lowest BCUT2D eigenvalue weighted by Crippen LogP contribution is -2.42. The van der Waals surface area contributed by atoms with Crippen molar-refractivity contribution < 1.29 is 9.15 Å². The number of halogens is 2. The largest absolute Gasteiger partial charge is 0.453 e. The highest BCUT2D eigenvalue weighted by Crippen LogP contribution is 2.17. The van der Waals surface area contributed by atoms with E-state index in [1.165, 1.54) is 0 Å². The van der Waals surface area contributed by atoms with Crippen LogP contribution in [0.4, 0.5) is 0 Å². The van der Waals surface area contributed by atoms with Crippen LogP contribution in [0.5, 0.6) is 0 Å². The van der Waals surface area contributed by atoms with E-state index in [1.807, 2.05) is 12.1 Å². The molecule has 1 fully saturated rings. The number of hydrogen-bond donors (Lipinski definition) is 0. The van der Waals surface area contributed by atoms with Gasteiger partial charge in [-0.2, -0.15) is 0 Å². The molecule has 0 amide bonds. The van der Waals surface area contributed by atoms with E-state index >= 15 is 0 Å². The molecule has 1 aliphatic rings. The molecule has 0 aliphatic carbocycles. The molecule has 0 spiro atoms. The summed E-state index contributed by atoms with van der Waals surface area (Å²) < 4.78 is 11.8. The standard InChI is InChI=1S/C10H13Br2NO2/c11-5-9-7-13(3-4-14-9)6-8-1-2-10(12)15-8/h1-2,9H,3-7H2. The van der Waals surface area contributed by atoms with Crippen molar-refractivity contribution in [2.45, 2.75) is 12.6 Å². The van der Waals surface area contributed by atoms with Gasteiger partial charge in [0, 0.05) is 18.4 Å². The topological polar surface area (TPSA) is 25.6 Å². The maximum Gasteiger partial charge on any atom is 0.169 e. The van der Waals surface area contributed by atoms with E-state index in [9.17, 15) is 0 Å². The first-order valence-electron chi connectivity index (χ1n) is 4.92. The smallest absolute Gasteiger partial charge is 0.169 e. The van der Waals surface area contributed by atoms with Gasteiger partial charge in [-0.25, -0.2) is 0 Å². The quantitative estimate of drug-likeness (QED) is 0.792. The third-order valence-corrected chi connectivity index (χ3v) is 3.55. The molecule has 1 aliphatic heterocycles. The molecule has 84 valence electrons. The Morgan fingerprint density at radius 2 is 2.33 bits per heavy atom. The maximum atomic E-state index is 5.57. The van der Waals surface area contributed by atoms with Crippen LogP contribution in [0.25, 0.3) is 0 Å². The zero-order valence-electron chi connectivity index (χ0n) is 8.29. The molecule has 2 heterocycles. The lowest BCUT2D eigenvalue weighted by atomic mass is 10.3. The van der Waals surface area contributed by atoms with Crippen molar-refractivity contribution in [3.8, 4) is 0 Å². The molecule has 0 aromatic carbocycles. The fraction of sp³-hybridized carbons (Fsp3) is 0.600. The highest BCUT2D eigenvalue weighted by atomic mass is 79.9. The van der Waals surface area contributed by atoms with Crippen LogP contribution in [0.1, 0.15) is 5.76 Å². The second kappa shape index (κ2) is 5.48. The van der Waals surface area contributed by atoms with Crippen molar-refractivity contribution in [3.63, 3.8) is 0 Å². The molecule has 5 heteroatoms. The second-order valence-corrected chi connectivity index (χ2v) is 5.02. The van der Waals surface area contributed by atoms with Crippen molar-refractivity contribution in [2.75, 3.05) is 25.0 Å². The molecule has 0 saturated carbocycles. The summed E-state index contributed by atoms with van der Waals surface area (Å²) in [6.45, 7) is 3.60. The molecule has 1 aromatic rings. The first-order valence-corrected chi connectivity index (χ1v) is 6.83. The third kappa shape index (κ3) is 3.31. The Morgan fingerprint density at radius 3 is 3.00 bits per heavy atom. The Bertz CT molecular complexity index is 316. The Balaban J connectivity index is 1.88. The molecular weight excluding hydrogens is 326 g/mol. The van der Waals surface area contributed by atoms with Crippen molar-refractivity contribution in [2.24, 2.45) is 0 Å². The second-order valence-electron chi connectivity index (χ2n) is 3.59. The zero-order chi connectivity index (χ0) is 10.7. The molecule has 3 nitrogen and oxygen atoms in total. The Labute approximate surface area is 106 Å². The minimum Gasteiger partial charge on any atom is -0.453 e. The summed E-state index contributed by atoms with van der Waals surface area (Å²) in [5.74, 6) is 0.997. The van der Waals surface area contributed by atoms with Crippen molar-refractivity contribution in [1.82, 2.24) is 4.90 Å². The predicted molar refractivity (Wildman–Crippen MR) is 65.2 cm³/mol. The van der Waals surface area contributed by atoms with Gasteiger partial charge in [0.1, 0.15) is 5.76 Å². The summed E-state index contributed by atoms with van der Waals surface area (Å²) in [5, 5.41) is 0.894. The Morgan fingerprint density at radius 1 is 1.47 bits per heavy atom. The van der Waals surface area contributed by atoms with E-state index in [4.69, 9.17) is 9.15 Å². The molecule has 1 aromatic heterocycles. The molecule has 1 saturated heterocycles. The Hall–Kier alpha value is 0.160. The summed E-state index contributed by atoms with van der Waals surface area (Å²) in [6, 6.07) is 3.93. The lowest BCUT2D eigenvalue weighted by Gasteiger charge is -2.31. The van der Waals surface area contributed by atoms with Gasteiger partial charge in [0.05, 0.1) is 19.3 Å². The summed E-state index contributed by atoms with van der Waals surface area (Å²) in [6.07, 6.45) is 0.303.